The number of piperazine rings is 1. The zero-order valence-corrected chi connectivity index (χ0v) is 11.0. The van der Waals surface area contributed by atoms with Crippen molar-refractivity contribution in [1.29, 1.82) is 0 Å². The van der Waals surface area contributed by atoms with E-state index in [0.29, 0.717) is 18.8 Å². The number of nitrogens with one attached hydrogen (secondary N) is 1. The Kier molecular flexibility index (Phi) is 4.51. The average molecular weight is 266 g/mol. The first-order chi connectivity index (χ1) is 9.20. The highest BCUT2D eigenvalue weighted by atomic mass is 16.5. The number of carbonyl (C=O) groups is 1. The van der Waals surface area contributed by atoms with E-state index >= 15 is 0 Å². The molecule has 0 bridgehead atoms. The molecule has 7 nitrogen and oxygen atoms in total. The van der Waals surface area contributed by atoms with Crippen LogP contribution in [0.15, 0.2) is 17.2 Å². The summed E-state index contributed by atoms with van der Waals surface area (Å²) in [5.74, 6) is 0.277. The number of rotatable bonds is 4. The predicted octanol–water partition coefficient (Wildman–Crippen LogP) is -0.545. The van der Waals surface area contributed by atoms with Crippen molar-refractivity contribution in [3.8, 4) is 0 Å². The SMILES string of the molecule is COC(=O)CCN1CCN(c2ncc[nH]c2=O)CC1. The third-order valence-electron chi connectivity index (χ3n) is 3.22. The predicted molar refractivity (Wildman–Crippen MR) is 70.1 cm³/mol. The van der Waals surface area contributed by atoms with Gasteiger partial charge in [0.15, 0.2) is 5.82 Å². The molecule has 1 N–H and O–H groups in total. The molecule has 1 aromatic rings. The summed E-state index contributed by atoms with van der Waals surface area (Å²) in [7, 11) is 1.40. The van der Waals surface area contributed by atoms with Gasteiger partial charge in [-0.2, -0.15) is 0 Å². The number of ether oxygens (including phenoxy) is 1. The molecule has 104 valence electrons. The van der Waals surface area contributed by atoms with Crippen LogP contribution in [0.5, 0.6) is 0 Å². The second-order valence-corrected chi connectivity index (χ2v) is 4.40. The normalized spacial score (nSPS) is 16.4. The van der Waals surface area contributed by atoms with Crippen LogP contribution >= 0.6 is 0 Å². The van der Waals surface area contributed by atoms with E-state index in [0.717, 1.165) is 26.2 Å². The number of aromatic amines is 1. The van der Waals surface area contributed by atoms with Gasteiger partial charge in [0.1, 0.15) is 0 Å². The Morgan fingerprint density at radius 3 is 2.79 bits per heavy atom. The molecule has 19 heavy (non-hydrogen) atoms. The molecular weight excluding hydrogens is 248 g/mol. The Bertz CT molecular complexity index is 480. The van der Waals surface area contributed by atoms with Crippen LogP contribution in [0, 0.1) is 0 Å². The molecule has 2 rings (SSSR count). The van der Waals surface area contributed by atoms with Gasteiger partial charge in [-0.1, -0.05) is 0 Å². The maximum absolute atomic E-state index is 11.6. The van der Waals surface area contributed by atoms with Crippen molar-refractivity contribution in [3.63, 3.8) is 0 Å². The van der Waals surface area contributed by atoms with Gasteiger partial charge < -0.3 is 14.6 Å². The van der Waals surface area contributed by atoms with Crippen molar-refractivity contribution in [3.05, 3.63) is 22.7 Å². The molecule has 0 spiro atoms. The molecule has 0 aromatic carbocycles. The smallest absolute Gasteiger partial charge is 0.306 e. The van der Waals surface area contributed by atoms with Crippen LogP contribution in [-0.4, -0.2) is 60.7 Å². The van der Waals surface area contributed by atoms with Gasteiger partial charge in [0.2, 0.25) is 0 Å². The molecule has 0 amide bonds. The van der Waals surface area contributed by atoms with Crippen LogP contribution in [0.25, 0.3) is 0 Å². The summed E-state index contributed by atoms with van der Waals surface area (Å²) < 4.78 is 4.62. The lowest BCUT2D eigenvalue weighted by molar-refractivity contribution is -0.141. The van der Waals surface area contributed by atoms with Gasteiger partial charge in [0.05, 0.1) is 13.5 Å². The number of aromatic nitrogens is 2. The third kappa shape index (κ3) is 3.54. The second kappa shape index (κ2) is 6.33. The van der Waals surface area contributed by atoms with Gasteiger partial charge in [-0.15, -0.1) is 0 Å². The van der Waals surface area contributed by atoms with E-state index in [2.05, 4.69) is 19.6 Å². The highest BCUT2D eigenvalue weighted by Gasteiger charge is 2.20. The van der Waals surface area contributed by atoms with Crippen LogP contribution in [0.2, 0.25) is 0 Å². The number of H-pyrrole nitrogens is 1. The summed E-state index contributed by atoms with van der Waals surface area (Å²) in [6.45, 7) is 3.79. The Balaban J connectivity index is 1.84. The van der Waals surface area contributed by atoms with E-state index in [-0.39, 0.29) is 11.5 Å². The molecular formula is C12H18N4O3. The first-order valence-corrected chi connectivity index (χ1v) is 6.28. The summed E-state index contributed by atoms with van der Waals surface area (Å²) in [6, 6.07) is 0. The van der Waals surface area contributed by atoms with Crippen LogP contribution in [-0.2, 0) is 9.53 Å². The quantitative estimate of drug-likeness (QED) is 0.737. The summed E-state index contributed by atoms with van der Waals surface area (Å²) >= 11 is 0. The minimum Gasteiger partial charge on any atom is -0.469 e. The van der Waals surface area contributed by atoms with Crippen molar-refractivity contribution in [2.24, 2.45) is 0 Å². The van der Waals surface area contributed by atoms with Crippen molar-refractivity contribution < 1.29 is 9.53 Å². The zero-order valence-electron chi connectivity index (χ0n) is 11.0. The van der Waals surface area contributed by atoms with Crippen LogP contribution < -0.4 is 10.5 Å². The topological polar surface area (TPSA) is 78.5 Å². The number of carbonyl (C=O) groups excluding carboxylic acids is 1. The van der Waals surface area contributed by atoms with Gasteiger partial charge in [0, 0.05) is 45.1 Å². The van der Waals surface area contributed by atoms with E-state index in [1.807, 2.05) is 4.90 Å². The molecule has 0 aliphatic carbocycles. The maximum atomic E-state index is 11.6. The highest BCUT2D eigenvalue weighted by molar-refractivity contribution is 5.69. The van der Waals surface area contributed by atoms with Gasteiger partial charge >= 0.3 is 5.97 Å². The minimum atomic E-state index is -0.191. The minimum absolute atomic E-state index is 0.162. The first kappa shape index (κ1) is 13.5. The third-order valence-corrected chi connectivity index (χ3v) is 3.22. The van der Waals surface area contributed by atoms with Gasteiger partial charge in [0.25, 0.3) is 5.56 Å². The van der Waals surface area contributed by atoms with Gasteiger partial charge in [-0.3, -0.25) is 14.5 Å². The van der Waals surface area contributed by atoms with E-state index < -0.39 is 0 Å². The van der Waals surface area contributed by atoms with Crippen molar-refractivity contribution in [2.75, 3.05) is 44.7 Å². The van der Waals surface area contributed by atoms with Crippen molar-refractivity contribution in [2.45, 2.75) is 6.42 Å². The van der Waals surface area contributed by atoms with Crippen LogP contribution in [0.1, 0.15) is 6.42 Å². The fourth-order valence-corrected chi connectivity index (χ4v) is 2.10. The number of hydrogen-bond donors (Lipinski definition) is 1. The highest BCUT2D eigenvalue weighted by Crippen LogP contribution is 2.08. The number of hydrogen-bond acceptors (Lipinski definition) is 6. The molecule has 1 saturated heterocycles. The molecule has 2 heterocycles. The number of anilines is 1. The number of nitrogens with zero attached hydrogens (tertiary/aromatic N) is 3. The molecule has 7 heteroatoms. The second-order valence-electron chi connectivity index (χ2n) is 4.40. The summed E-state index contributed by atoms with van der Waals surface area (Å²) in [5.41, 5.74) is -0.162. The molecule has 0 radical (unpaired) electrons. The Hall–Kier alpha value is -1.89. The molecule has 0 atom stereocenters. The standard InChI is InChI=1S/C12H18N4O3/c1-19-10(17)2-5-15-6-8-16(9-7-15)11-12(18)14-4-3-13-11/h3-4H,2,5-9H2,1H3,(H,14,18). The molecule has 1 aliphatic rings. The van der Waals surface area contributed by atoms with Gasteiger partial charge in [-0.25, -0.2) is 4.98 Å². The van der Waals surface area contributed by atoms with Crippen LogP contribution in [0.4, 0.5) is 5.82 Å². The summed E-state index contributed by atoms with van der Waals surface area (Å²) in [5, 5.41) is 0. The summed E-state index contributed by atoms with van der Waals surface area (Å²) in [4.78, 5) is 33.6. The summed E-state index contributed by atoms with van der Waals surface area (Å²) in [6.07, 6.45) is 3.51. The first-order valence-electron chi connectivity index (χ1n) is 6.28. The van der Waals surface area contributed by atoms with Crippen molar-refractivity contribution in [1.82, 2.24) is 14.9 Å². The maximum Gasteiger partial charge on any atom is 0.306 e. The van der Waals surface area contributed by atoms with E-state index in [4.69, 9.17) is 0 Å². The van der Waals surface area contributed by atoms with E-state index in [1.54, 1.807) is 6.20 Å². The molecule has 0 unspecified atom stereocenters. The molecule has 1 fully saturated rings. The van der Waals surface area contributed by atoms with Crippen molar-refractivity contribution >= 4 is 11.8 Å². The largest absolute Gasteiger partial charge is 0.469 e. The number of methoxy groups -OCH3 is 1. The van der Waals surface area contributed by atoms with Gasteiger partial charge in [-0.05, 0) is 0 Å². The fourth-order valence-electron chi connectivity index (χ4n) is 2.10. The Labute approximate surface area is 111 Å². The Morgan fingerprint density at radius 1 is 1.42 bits per heavy atom. The van der Waals surface area contributed by atoms with E-state index in [1.165, 1.54) is 13.3 Å². The van der Waals surface area contributed by atoms with E-state index in [9.17, 15) is 9.59 Å². The fraction of sp³-hybridized carbons (Fsp3) is 0.583. The average Bonchev–Trinajstić information content (AvgIpc) is 2.46. The molecule has 0 saturated carbocycles. The Morgan fingerprint density at radius 2 is 2.16 bits per heavy atom. The number of esters is 1. The monoisotopic (exact) mass is 266 g/mol. The molecule has 1 aromatic heterocycles. The lowest BCUT2D eigenvalue weighted by Crippen LogP contribution is -2.48. The molecule has 1 aliphatic heterocycles. The lowest BCUT2D eigenvalue weighted by atomic mass is 10.3. The lowest BCUT2D eigenvalue weighted by Gasteiger charge is -2.34. The zero-order chi connectivity index (χ0) is 13.7. The van der Waals surface area contributed by atoms with Crippen LogP contribution in [0.3, 0.4) is 0 Å².